The summed E-state index contributed by atoms with van der Waals surface area (Å²) in [7, 11) is 0. The van der Waals surface area contributed by atoms with Crippen molar-refractivity contribution < 1.29 is 5.11 Å². The van der Waals surface area contributed by atoms with E-state index in [1.165, 1.54) is 0 Å². The molecule has 0 aliphatic heterocycles. The summed E-state index contributed by atoms with van der Waals surface area (Å²) in [5.41, 5.74) is 8.20. The third-order valence-electron chi connectivity index (χ3n) is 2.33. The summed E-state index contributed by atoms with van der Waals surface area (Å²) >= 11 is 0. The molecule has 2 heteroatoms. The lowest BCUT2D eigenvalue weighted by atomic mass is 10.1. The van der Waals surface area contributed by atoms with E-state index >= 15 is 0 Å². The molecule has 0 saturated heterocycles. The molecule has 80 valence electrons. The Morgan fingerprint density at radius 2 is 1.56 bits per heavy atom. The predicted octanol–water partition coefficient (Wildman–Crippen LogP) is 3.14. The molecular formula is C14H13NO. The van der Waals surface area contributed by atoms with Gasteiger partial charge in [0.25, 0.3) is 0 Å². The van der Waals surface area contributed by atoms with Crippen LogP contribution in [0.1, 0.15) is 11.1 Å². The molecule has 0 spiro atoms. The van der Waals surface area contributed by atoms with E-state index < -0.39 is 0 Å². The van der Waals surface area contributed by atoms with E-state index in [9.17, 15) is 5.11 Å². The summed E-state index contributed by atoms with van der Waals surface area (Å²) in [5, 5.41) is 9.56. The molecule has 2 aromatic rings. The van der Waals surface area contributed by atoms with Crippen molar-refractivity contribution in [1.29, 1.82) is 0 Å². The second-order valence-electron chi connectivity index (χ2n) is 3.56. The summed E-state index contributed by atoms with van der Waals surface area (Å²) in [4.78, 5) is 0. The number of anilines is 1. The predicted molar refractivity (Wildman–Crippen MR) is 67.9 cm³/mol. The molecular weight excluding hydrogens is 198 g/mol. The first-order valence-corrected chi connectivity index (χ1v) is 5.07. The molecule has 0 radical (unpaired) electrons. The highest BCUT2D eigenvalue weighted by Gasteiger charge is 1.93. The number of nitrogen functional groups attached to an aromatic ring is 1. The Morgan fingerprint density at radius 3 is 2.25 bits per heavy atom. The zero-order chi connectivity index (χ0) is 11.4. The summed E-state index contributed by atoms with van der Waals surface area (Å²) in [6, 6.07) is 14.8. The number of nitrogens with two attached hydrogens (primary N) is 1. The Morgan fingerprint density at radius 1 is 0.875 bits per heavy atom. The molecule has 2 nitrogen and oxygen atoms in total. The number of para-hydroxylation sites is 1. The third-order valence-corrected chi connectivity index (χ3v) is 2.33. The van der Waals surface area contributed by atoms with Gasteiger partial charge in [-0.1, -0.05) is 42.5 Å². The van der Waals surface area contributed by atoms with Gasteiger partial charge in [0.05, 0.1) is 0 Å². The van der Waals surface area contributed by atoms with Gasteiger partial charge >= 0.3 is 0 Å². The smallest absolute Gasteiger partial charge is 0.122 e. The Bertz CT molecular complexity index is 500. The van der Waals surface area contributed by atoms with Gasteiger partial charge in [-0.05, 0) is 23.8 Å². The highest BCUT2D eigenvalue weighted by molar-refractivity contribution is 5.72. The number of rotatable bonds is 2. The molecule has 0 heterocycles. The van der Waals surface area contributed by atoms with Gasteiger partial charge in [-0.2, -0.15) is 0 Å². The topological polar surface area (TPSA) is 46.2 Å². The molecule has 3 N–H and O–H groups in total. The standard InChI is InChI=1S/C14H13NO/c15-13-9-6-11(7-10-13)5-8-12-3-1-2-4-14(12)16/h1-10,16H,15H2/b8-5-. The van der Waals surface area contributed by atoms with Crippen molar-refractivity contribution in [2.24, 2.45) is 0 Å². The lowest BCUT2D eigenvalue weighted by Gasteiger charge is -1.98. The number of phenolic OH excluding ortho intramolecular Hbond substituents is 1. The Balaban J connectivity index is 2.21. The van der Waals surface area contributed by atoms with Crippen molar-refractivity contribution in [3.63, 3.8) is 0 Å². The SMILES string of the molecule is Nc1ccc(/C=C\c2ccccc2O)cc1. The van der Waals surface area contributed by atoms with Crippen LogP contribution >= 0.6 is 0 Å². The van der Waals surface area contributed by atoms with Crippen LogP contribution in [-0.4, -0.2) is 5.11 Å². The zero-order valence-corrected chi connectivity index (χ0v) is 8.80. The van der Waals surface area contributed by atoms with E-state index in [-0.39, 0.29) is 5.75 Å². The lowest BCUT2D eigenvalue weighted by molar-refractivity contribution is 0.474. The van der Waals surface area contributed by atoms with Crippen LogP contribution in [0, 0.1) is 0 Å². The van der Waals surface area contributed by atoms with Gasteiger partial charge in [0.1, 0.15) is 5.75 Å². The van der Waals surface area contributed by atoms with Crippen LogP contribution in [0.15, 0.2) is 48.5 Å². The maximum Gasteiger partial charge on any atom is 0.122 e. The molecule has 0 amide bonds. The van der Waals surface area contributed by atoms with Gasteiger partial charge < -0.3 is 10.8 Å². The molecule has 16 heavy (non-hydrogen) atoms. The van der Waals surface area contributed by atoms with Crippen LogP contribution in [-0.2, 0) is 0 Å². The minimum absolute atomic E-state index is 0.286. The number of aromatic hydroxyl groups is 1. The molecule has 0 atom stereocenters. The van der Waals surface area contributed by atoms with Gasteiger partial charge in [-0.3, -0.25) is 0 Å². The molecule has 2 rings (SSSR count). The quantitative estimate of drug-likeness (QED) is 0.592. The Labute approximate surface area is 94.7 Å². The van der Waals surface area contributed by atoms with Gasteiger partial charge in [0.15, 0.2) is 0 Å². The van der Waals surface area contributed by atoms with Crippen LogP contribution in [0.3, 0.4) is 0 Å². The number of hydrogen-bond acceptors (Lipinski definition) is 2. The maximum absolute atomic E-state index is 9.56. The second-order valence-corrected chi connectivity index (χ2v) is 3.56. The molecule has 0 fully saturated rings. The van der Waals surface area contributed by atoms with Crippen LogP contribution in [0.2, 0.25) is 0 Å². The molecule has 0 bridgehead atoms. The van der Waals surface area contributed by atoms with Gasteiger partial charge in [-0.15, -0.1) is 0 Å². The van der Waals surface area contributed by atoms with E-state index in [2.05, 4.69) is 0 Å². The van der Waals surface area contributed by atoms with Crippen molar-refractivity contribution in [1.82, 2.24) is 0 Å². The van der Waals surface area contributed by atoms with Crippen molar-refractivity contribution in [2.75, 3.05) is 5.73 Å². The van der Waals surface area contributed by atoms with E-state index in [1.807, 2.05) is 48.6 Å². The molecule has 0 aromatic heterocycles. The summed E-state index contributed by atoms with van der Waals surface area (Å²) in [5.74, 6) is 0.286. The van der Waals surface area contributed by atoms with E-state index in [4.69, 9.17) is 5.73 Å². The maximum atomic E-state index is 9.56. The normalized spacial score (nSPS) is 10.8. The minimum Gasteiger partial charge on any atom is -0.507 e. The summed E-state index contributed by atoms with van der Waals surface area (Å²) < 4.78 is 0. The average Bonchev–Trinajstić information content (AvgIpc) is 2.30. The van der Waals surface area contributed by atoms with Crippen molar-refractivity contribution in [3.05, 3.63) is 59.7 Å². The largest absolute Gasteiger partial charge is 0.507 e. The number of phenols is 1. The molecule has 2 aromatic carbocycles. The van der Waals surface area contributed by atoms with Gasteiger partial charge in [-0.25, -0.2) is 0 Å². The fraction of sp³-hybridized carbons (Fsp3) is 0. The monoisotopic (exact) mass is 211 g/mol. The summed E-state index contributed by atoms with van der Waals surface area (Å²) in [6.07, 6.45) is 3.81. The molecule has 0 aliphatic carbocycles. The fourth-order valence-corrected chi connectivity index (χ4v) is 1.42. The van der Waals surface area contributed by atoms with Crippen LogP contribution in [0.25, 0.3) is 12.2 Å². The third kappa shape index (κ3) is 2.42. The first-order chi connectivity index (χ1) is 7.75. The lowest BCUT2D eigenvalue weighted by Crippen LogP contribution is -1.82. The first-order valence-electron chi connectivity index (χ1n) is 5.07. The second kappa shape index (κ2) is 4.53. The van der Waals surface area contributed by atoms with Gasteiger partial charge in [0.2, 0.25) is 0 Å². The molecule has 0 saturated carbocycles. The van der Waals surface area contributed by atoms with E-state index in [1.54, 1.807) is 12.1 Å². The Kier molecular flexibility index (Phi) is 2.92. The fourth-order valence-electron chi connectivity index (χ4n) is 1.42. The number of hydrogen-bond donors (Lipinski definition) is 2. The molecule has 0 aliphatic rings. The molecule has 0 unspecified atom stereocenters. The van der Waals surface area contributed by atoms with Crippen LogP contribution < -0.4 is 5.73 Å². The van der Waals surface area contributed by atoms with Crippen LogP contribution in [0.5, 0.6) is 5.75 Å². The van der Waals surface area contributed by atoms with E-state index in [0.29, 0.717) is 0 Å². The number of benzene rings is 2. The average molecular weight is 211 g/mol. The minimum atomic E-state index is 0.286. The Hall–Kier alpha value is -2.22. The van der Waals surface area contributed by atoms with Crippen LogP contribution in [0.4, 0.5) is 5.69 Å². The zero-order valence-electron chi connectivity index (χ0n) is 8.80. The first kappa shape index (κ1) is 10.3. The van der Waals surface area contributed by atoms with E-state index in [0.717, 1.165) is 16.8 Å². The van der Waals surface area contributed by atoms with Gasteiger partial charge in [0, 0.05) is 11.3 Å². The van der Waals surface area contributed by atoms with Crippen molar-refractivity contribution in [2.45, 2.75) is 0 Å². The highest BCUT2D eigenvalue weighted by atomic mass is 16.3. The highest BCUT2D eigenvalue weighted by Crippen LogP contribution is 2.18. The van der Waals surface area contributed by atoms with Crippen molar-refractivity contribution >= 4 is 17.8 Å². The summed E-state index contributed by atoms with van der Waals surface area (Å²) in [6.45, 7) is 0. The van der Waals surface area contributed by atoms with Crippen molar-refractivity contribution in [3.8, 4) is 5.75 Å².